The first-order valence-corrected chi connectivity index (χ1v) is 7.30. The number of aromatic nitrogens is 2. The van der Waals surface area contributed by atoms with Crippen molar-refractivity contribution in [3.8, 4) is 0 Å². The molecule has 0 amide bonds. The minimum absolute atomic E-state index is 0.468. The molecule has 2 N–H and O–H groups in total. The van der Waals surface area contributed by atoms with Gasteiger partial charge < -0.3 is 5.73 Å². The quantitative estimate of drug-likeness (QED) is 0.869. The number of nitrogens with two attached hydrogens (primary N) is 1. The normalized spacial score (nSPS) is 16.3. The lowest BCUT2D eigenvalue weighted by molar-refractivity contribution is 0.270. The molecule has 3 rings (SSSR count). The zero-order chi connectivity index (χ0) is 14.1. The lowest BCUT2D eigenvalue weighted by atomic mass is 10.1. The minimum atomic E-state index is 0.468. The van der Waals surface area contributed by atoms with Gasteiger partial charge in [-0.2, -0.15) is 5.10 Å². The maximum Gasteiger partial charge on any atom is 0.0765 e. The zero-order valence-electron chi connectivity index (χ0n) is 12.2. The number of benzene rings is 1. The predicted octanol–water partition coefficient (Wildman–Crippen LogP) is 2.95. The molecule has 2 heterocycles. The van der Waals surface area contributed by atoms with Crippen LogP contribution in [0.2, 0.25) is 0 Å². The topological polar surface area (TPSA) is 47.1 Å². The van der Waals surface area contributed by atoms with E-state index in [-0.39, 0.29) is 0 Å². The zero-order valence-corrected chi connectivity index (χ0v) is 12.2. The molecule has 0 radical (unpaired) electrons. The largest absolute Gasteiger partial charge is 0.398 e. The molecular formula is C16H22N4. The molecule has 4 nitrogen and oxygen atoms in total. The highest BCUT2D eigenvalue weighted by Crippen LogP contribution is 2.28. The molecule has 2 aromatic rings. The predicted molar refractivity (Wildman–Crippen MR) is 81.0 cm³/mol. The number of hydrogen-bond donors (Lipinski definition) is 1. The fourth-order valence-electron chi connectivity index (χ4n) is 2.75. The number of nitrogen functional groups attached to an aromatic ring is 1. The fourth-order valence-corrected chi connectivity index (χ4v) is 2.75. The van der Waals surface area contributed by atoms with Gasteiger partial charge in [-0.25, -0.2) is 0 Å². The van der Waals surface area contributed by atoms with Crippen molar-refractivity contribution < 1.29 is 0 Å². The van der Waals surface area contributed by atoms with Crippen molar-refractivity contribution >= 4 is 5.69 Å². The Morgan fingerprint density at radius 3 is 2.90 bits per heavy atom. The number of fused-ring (bicyclic) bond motifs is 1. The second kappa shape index (κ2) is 5.29. The maximum atomic E-state index is 6.04. The van der Waals surface area contributed by atoms with Crippen LogP contribution >= 0.6 is 0 Å². The molecule has 0 bridgehead atoms. The summed E-state index contributed by atoms with van der Waals surface area (Å²) in [6, 6.07) is 8.78. The third-order valence-electron chi connectivity index (χ3n) is 4.18. The fraction of sp³-hybridized carbons (Fsp3) is 0.438. The molecule has 1 aromatic heterocycles. The highest BCUT2D eigenvalue weighted by Gasteiger charge is 2.21. The summed E-state index contributed by atoms with van der Waals surface area (Å²) in [6.45, 7) is 7.17. The van der Waals surface area contributed by atoms with Crippen molar-refractivity contribution in [2.24, 2.45) is 0 Å². The van der Waals surface area contributed by atoms with E-state index in [0.717, 1.165) is 37.4 Å². The molecule has 0 saturated heterocycles. The first kappa shape index (κ1) is 13.2. The van der Waals surface area contributed by atoms with Gasteiger partial charge in [-0.05, 0) is 36.6 Å². The average molecular weight is 270 g/mol. The summed E-state index contributed by atoms with van der Waals surface area (Å²) in [6.07, 6.45) is 3.19. The van der Waals surface area contributed by atoms with Gasteiger partial charge in [0.05, 0.1) is 5.69 Å². The smallest absolute Gasteiger partial charge is 0.0765 e. The summed E-state index contributed by atoms with van der Waals surface area (Å²) in [4.78, 5) is 2.39. The van der Waals surface area contributed by atoms with Crippen LogP contribution in [0.4, 0.5) is 5.69 Å². The van der Waals surface area contributed by atoms with Gasteiger partial charge in [-0.1, -0.05) is 19.1 Å². The Labute approximate surface area is 120 Å². The van der Waals surface area contributed by atoms with Crippen LogP contribution in [0.5, 0.6) is 0 Å². The molecule has 1 atom stereocenters. The molecule has 1 unspecified atom stereocenters. The van der Waals surface area contributed by atoms with Crippen molar-refractivity contribution in [2.75, 3.05) is 5.73 Å². The van der Waals surface area contributed by atoms with E-state index < -0.39 is 0 Å². The lowest BCUT2D eigenvalue weighted by Crippen LogP contribution is -2.16. The number of hydrogen-bond acceptors (Lipinski definition) is 3. The third kappa shape index (κ3) is 2.43. The molecule has 0 fully saturated rings. The van der Waals surface area contributed by atoms with Crippen LogP contribution in [0.15, 0.2) is 30.5 Å². The highest BCUT2D eigenvalue weighted by atomic mass is 15.3. The summed E-state index contributed by atoms with van der Waals surface area (Å²) >= 11 is 0. The van der Waals surface area contributed by atoms with Crippen LogP contribution in [0.1, 0.15) is 43.1 Å². The molecule has 106 valence electrons. The molecular weight excluding hydrogens is 248 g/mol. The Morgan fingerprint density at radius 1 is 1.30 bits per heavy atom. The van der Waals surface area contributed by atoms with Crippen LogP contribution in [0.3, 0.4) is 0 Å². The molecule has 1 aromatic carbocycles. The standard InChI is InChI=1S/C16H22N4/c1-3-12(2)20-8-7-14(18-20)10-19-9-13-5-4-6-16(17)15(13)11-19/h4-8,12H,3,9-11,17H2,1-2H3. The van der Waals surface area contributed by atoms with E-state index in [1.165, 1.54) is 11.1 Å². The summed E-state index contributed by atoms with van der Waals surface area (Å²) in [7, 11) is 0. The molecule has 4 heteroatoms. The van der Waals surface area contributed by atoms with Gasteiger partial charge in [0.15, 0.2) is 0 Å². The molecule has 0 spiro atoms. The van der Waals surface area contributed by atoms with E-state index in [1.807, 2.05) is 12.1 Å². The van der Waals surface area contributed by atoms with E-state index >= 15 is 0 Å². The summed E-state index contributed by atoms with van der Waals surface area (Å²) < 4.78 is 2.06. The van der Waals surface area contributed by atoms with Gasteiger partial charge in [0.1, 0.15) is 0 Å². The monoisotopic (exact) mass is 270 g/mol. The lowest BCUT2D eigenvalue weighted by Gasteiger charge is -2.13. The van der Waals surface area contributed by atoms with E-state index in [1.54, 1.807) is 0 Å². The Balaban J connectivity index is 1.69. The Kier molecular flexibility index (Phi) is 3.49. The Hall–Kier alpha value is -1.81. The minimum Gasteiger partial charge on any atom is -0.398 e. The SMILES string of the molecule is CCC(C)n1ccc(CN2Cc3cccc(N)c3C2)n1. The Morgan fingerprint density at radius 2 is 2.15 bits per heavy atom. The van der Waals surface area contributed by atoms with E-state index in [0.29, 0.717) is 6.04 Å². The second-order valence-corrected chi connectivity index (χ2v) is 5.67. The molecule has 1 aliphatic rings. The molecule has 20 heavy (non-hydrogen) atoms. The average Bonchev–Trinajstić information content (AvgIpc) is 3.05. The first-order valence-electron chi connectivity index (χ1n) is 7.30. The van der Waals surface area contributed by atoms with E-state index in [2.05, 4.69) is 46.9 Å². The number of anilines is 1. The summed E-state index contributed by atoms with van der Waals surface area (Å²) in [5.74, 6) is 0. The van der Waals surface area contributed by atoms with Gasteiger partial charge >= 0.3 is 0 Å². The van der Waals surface area contributed by atoms with Crippen molar-refractivity contribution in [3.05, 3.63) is 47.3 Å². The van der Waals surface area contributed by atoms with Gasteiger partial charge in [0, 0.05) is 37.6 Å². The third-order valence-corrected chi connectivity index (χ3v) is 4.18. The molecule has 0 saturated carbocycles. The van der Waals surface area contributed by atoms with Crippen molar-refractivity contribution in [1.29, 1.82) is 0 Å². The van der Waals surface area contributed by atoms with Crippen LogP contribution in [0.25, 0.3) is 0 Å². The van der Waals surface area contributed by atoms with Gasteiger partial charge in [0.25, 0.3) is 0 Å². The van der Waals surface area contributed by atoms with Crippen molar-refractivity contribution in [1.82, 2.24) is 14.7 Å². The van der Waals surface area contributed by atoms with Crippen LogP contribution < -0.4 is 5.73 Å². The van der Waals surface area contributed by atoms with Crippen molar-refractivity contribution in [2.45, 2.75) is 45.9 Å². The van der Waals surface area contributed by atoms with Gasteiger partial charge in [-0.15, -0.1) is 0 Å². The summed E-state index contributed by atoms with van der Waals surface area (Å²) in [5.41, 5.74) is 10.7. The number of rotatable bonds is 4. The maximum absolute atomic E-state index is 6.04. The van der Waals surface area contributed by atoms with Gasteiger partial charge in [-0.3, -0.25) is 9.58 Å². The Bertz CT molecular complexity index is 602. The number of nitrogens with zero attached hydrogens (tertiary/aromatic N) is 3. The first-order chi connectivity index (χ1) is 9.67. The van der Waals surface area contributed by atoms with Crippen LogP contribution in [0, 0.1) is 0 Å². The van der Waals surface area contributed by atoms with Gasteiger partial charge in [0.2, 0.25) is 0 Å². The van der Waals surface area contributed by atoms with E-state index in [4.69, 9.17) is 5.73 Å². The summed E-state index contributed by atoms with van der Waals surface area (Å²) in [5, 5.41) is 4.67. The molecule has 0 aliphatic carbocycles. The van der Waals surface area contributed by atoms with Crippen molar-refractivity contribution in [3.63, 3.8) is 0 Å². The second-order valence-electron chi connectivity index (χ2n) is 5.67. The van der Waals surface area contributed by atoms with E-state index in [9.17, 15) is 0 Å². The highest BCUT2D eigenvalue weighted by molar-refractivity contribution is 5.52. The van der Waals surface area contributed by atoms with Crippen LogP contribution in [-0.4, -0.2) is 14.7 Å². The molecule has 1 aliphatic heterocycles. The van der Waals surface area contributed by atoms with Crippen LogP contribution in [-0.2, 0) is 19.6 Å².